The number of anilines is 1. The molecule has 0 unspecified atom stereocenters. The fourth-order valence-corrected chi connectivity index (χ4v) is 6.31. The molecule has 0 aromatic heterocycles. The van der Waals surface area contributed by atoms with Crippen molar-refractivity contribution in [2.24, 2.45) is 17.8 Å². The Kier molecular flexibility index (Phi) is 4.64. The maximum Gasteiger partial charge on any atom is 0.258 e. The number of halogens is 1. The van der Waals surface area contributed by atoms with E-state index in [9.17, 15) is 14.0 Å². The van der Waals surface area contributed by atoms with Crippen LogP contribution < -0.4 is 10.6 Å². The fraction of sp³-hybridized carbons (Fsp3) is 0.440. The summed E-state index contributed by atoms with van der Waals surface area (Å²) in [4.78, 5) is 25.6. The summed E-state index contributed by atoms with van der Waals surface area (Å²) in [5.41, 5.74) is 1.81. The molecule has 2 aromatic carbocycles. The van der Waals surface area contributed by atoms with Crippen LogP contribution in [0.3, 0.4) is 0 Å². The second-order valence-electron chi connectivity index (χ2n) is 9.62. The van der Waals surface area contributed by atoms with Crippen molar-refractivity contribution >= 4 is 17.5 Å². The molecule has 0 saturated heterocycles. The Labute approximate surface area is 176 Å². The summed E-state index contributed by atoms with van der Waals surface area (Å²) in [5, 5.41) is 6.13. The zero-order valence-corrected chi connectivity index (χ0v) is 17.2. The summed E-state index contributed by atoms with van der Waals surface area (Å²) in [5.74, 6) is 1.09. The van der Waals surface area contributed by atoms with E-state index in [1.807, 2.05) is 13.0 Å². The molecule has 0 aliphatic heterocycles. The zero-order valence-electron chi connectivity index (χ0n) is 17.2. The Morgan fingerprint density at radius 2 is 1.57 bits per heavy atom. The number of amides is 2. The molecule has 2 aromatic rings. The van der Waals surface area contributed by atoms with Crippen molar-refractivity contribution < 1.29 is 14.0 Å². The molecule has 5 heteroatoms. The van der Waals surface area contributed by atoms with Gasteiger partial charge in [-0.25, -0.2) is 4.39 Å². The van der Waals surface area contributed by atoms with Gasteiger partial charge in [-0.1, -0.05) is 18.2 Å². The maximum atomic E-state index is 13.9. The standard InChI is InChI=1S/C25H27FN2O2/c1-15-6-7-19(11-22(15)27-24(30)20-4-2-3-5-21(20)26)23(29)28-25-12-16-8-17(13-25)10-18(9-16)14-25/h2-7,11,16-18H,8-10,12-14H2,1H3,(H,27,30)(H,28,29). The second kappa shape index (κ2) is 7.22. The number of carbonyl (C=O) groups is 2. The van der Waals surface area contributed by atoms with Crippen LogP contribution in [-0.4, -0.2) is 17.4 Å². The molecular formula is C25H27FN2O2. The third-order valence-electron chi connectivity index (χ3n) is 7.28. The van der Waals surface area contributed by atoms with Gasteiger partial charge in [-0.3, -0.25) is 9.59 Å². The number of carbonyl (C=O) groups excluding carboxylic acids is 2. The van der Waals surface area contributed by atoms with E-state index >= 15 is 0 Å². The predicted octanol–water partition coefficient (Wildman–Crippen LogP) is 5.09. The average Bonchev–Trinajstić information content (AvgIpc) is 2.68. The number of aryl methyl sites for hydroxylation is 1. The summed E-state index contributed by atoms with van der Waals surface area (Å²) in [6.45, 7) is 1.86. The number of hydrogen-bond donors (Lipinski definition) is 2. The minimum atomic E-state index is -0.566. The van der Waals surface area contributed by atoms with Gasteiger partial charge in [0.1, 0.15) is 5.82 Å². The number of rotatable bonds is 4. The van der Waals surface area contributed by atoms with Crippen LogP contribution in [0.25, 0.3) is 0 Å². The second-order valence-corrected chi connectivity index (χ2v) is 9.62. The molecule has 30 heavy (non-hydrogen) atoms. The van der Waals surface area contributed by atoms with E-state index in [1.54, 1.807) is 24.3 Å². The van der Waals surface area contributed by atoms with Crippen LogP contribution in [0.15, 0.2) is 42.5 Å². The van der Waals surface area contributed by atoms with E-state index in [0.717, 1.165) is 42.6 Å². The lowest BCUT2D eigenvalue weighted by Gasteiger charge is -2.56. The summed E-state index contributed by atoms with van der Waals surface area (Å²) < 4.78 is 13.9. The topological polar surface area (TPSA) is 58.2 Å². The molecule has 4 aliphatic rings. The van der Waals surface area contributed by atoms with E-state index in [0.29, 0.717) is 11.3 Å². The van der Waals surface area contributed by atoms with Crippen LogP contribution in [0.4, 0.5) is 10.1 Å². The lowest BCUT2D eigenvalue weighted by molar-refractivity contribution is -0.0167. The smallest absolute Gasteiger partial charge is 0.258 e. The third kappa shape index (κ3) is 3.51. The van der Waals surface area contributed by atoms with Gasteiger partial charge < -0.3 is 10.6 Å². The average molecular weight is 407 g/mol. The van der Waals surface area contributed by atoms with E-state index in [4.69, 9.17) is 0 Å². The van der Waals surface area contributed by atoms with E-state index in [-0.39, 0.29) is 17.0 Å². The number of benzene rings is 2. The molecule has 4 aliphatic carbocycles. The Balaban J connectivity index is 1.34. The summed E-state index contributed by atoms with van der Waals surface area (Å²) in [6, 6.07) is 11.2. The normalized spacial score (nSPS) is 28.9. The molecule has 0 radical (unpaired) electrons. The molecule has 0 atom stereocenters. The number of hydrogen-bond acceptors (Lipinski definition) is 2. The van der Waals surface area contributed by atoms with Crippen molar-refractivity contribution in [1.82, 2.24) is 5.32 Å². The van der Waals surface area contributed by atoms with Crippen LogP contribution in [0, 0.1) is 30.5 Å². The molecule has 4 fully saturated rings. The van der Waals surface area contributed by atoms with Gasteiger partial charge in [0.2, 0.25) is 0 Å². The quantitative estimate of drug-likeness (QED) is 0.743. The molecule has 2 N–H and O–H groups in total. The molecular weight excluding hydrogens is 379 g/mol. The van der Waals surface area contributed by atoms with Crippen molar-refractivity contribution in [2.45, 2.75) is 51.0 Å². The van der Waals surface area contributed by atoms with Crippen LogP contribution in [0.2, 0.25) is 0 Å². The highest BCUT2D eigenvalue weighted by Gasteiger charge is 2.51. The Bertz CT molecular complexity index is 981. The molecule has 0 spiro atoms. The highest BCUT2D eigenvalue weighted by molar-refractivity contribution is 6.05. The first-order valence-electron chi connectivity index (χ1n) is 10.9. The molecule has 2 amide bonds. The van der Waals surface area contributed by atoms with Gasteiger partial charge in [-0.05, 0) is 93.0 Å². The molecule has 156 valence electrons. The minimum absolute atomic E-state index is 0.0136. The zero-order chi connectivity index (χ0) is 20.9. The van der Waals surface area contributed by atoms with E-state index in [1.165, 1.54) is 31.4 Å². The highest BCUT2D eigenvalue weighted by Crippen LogP contribution is 2.55. The molecule has 4 saturated carbocycles. The van der Waals surface area contributed by atoms with Gasteiger partial charge in [-0.15, -0.1) is 0 Å². The predicted molar refractivity (Wildman–Crippen MR) is 114 cm³/mol. The lowest BCUT2D eigenvalue weighted by atomic mass is 9.53. The first-order chi connectivity index (χ1) is 14.4. The first-order valence-corrected chi connectivity index (χ1v) is 10.9. The van der Waals surface area contributed by atoms with Gasteiger partial charge in [0.15, 0.2) is 0 Å². The van der Waals surface area contributed by atoms with Crippen molar-refractivity contribution in [3.05, 3.63) is 65.0 Å². The van der Waals surface area contributed by atoms with E-state index < -0.39 is 11.7 Å². The molecule has 0 heterocycles. The summed E-state index contributed by atoms with van der Waals surface area (Å²) >= 11 is 0. The molecule has 4 bridgehead atoms. The van der Waals surface area contributed by atoms with Gasteiger partial charge in [0.25, 0.3) is 11.8 Å². The monoisotopic (exact) mass is 406 g/mol. The van der Waals surface area contributed by atoms with Crippen LogP contribution >= 0.6 is 0 Å². The van der Waals surface area contributed by atoms with Crippen molar-refractivity contribution in [1.29, 1.82) is 0 Å². The SMILES string of the molecule is Cc1ccc(C(=O)NC23CC4CC(CC(C4)C2)C3)cc1NC(=O)c1ccccc1F. The number of nitrogens with one attached hydrogen (secondary N) is 2. The van der Waals surface area contributed by atoms with Gasteiger partial charge in [0.05, 0.1) is 5.56 Å². The lowest BCUT2D eigenvalue weighted by Crippen LogP contribution is -2.59. The minimum Gasteiger partial charge on any atom is -0.347 e. The Hall–Kier alpha value is -2.69. The van der Waals surface area contributed by atoms with E-state index in [2.05, 4.69) is 10.6 Å². The van der Waals surface area contributed by atoms with Gasteiger partial charge >= 0.3 is 0 Å². The van der Waals surface area contributed by atoms with Crippen LogP contribution in [0.1, 0.15) is 64.8 Å². The van der Waals surface area contributed by atoms with Crippen molar-refractivity contribution in [3.63, 3.8) is 0 Å². The highest BCUT2D eigenvalue weighted by atomic mass is 19.1. The summed E-state index contributed by atoms with van der Waals surface area (Å²) in [6.07, 6.45) is 7.25. The van der Waals surface area contributed by atoms with Gasteiger partial charge in [-0.2, -0.15) is 0 Å². The van der Waals surface area contributed by atoms with Crippen LogP contribution in [-0.2, 0) is 0 Å². The van der Waals surface area contributed by atoms with Gasteiger partial charge in [0, 0.05) is 16.8 Å². The Morgan fingerprint density at radius 3 is 2.20 bits per heavy atom. The Morgan fingerprint density at radius 1 is 0.933 bits per heavy atom. The largest absolute Gasteiger partial charge is 0.347 e. The third-order valence-corrected chi connectivity index (χ3v) is 7.28. The summed E-state index contributed by atoms with van der Waals surface area (Å²) in [7, 11) is 0. The van der Waals surface area contributed by atoms with Crippen LogP contribution in [0.5, 0.6) is 0 Å². The first kappa shape index (κ1) is 19.3. The van der Waals surface area contributed by atoms with Crippen molar-refractivity contribution in [3.8, 4) is 0 Å². The molecule has 6 rings (SSSR count). The molecule has 4 nitrogen and oxygen atoms in total. The maximum absolute atomic E-state index is 13.9. The fourth-order valence-electron chi connectivity index (χ4n) is 6.31. The van der Waals surface area contributed by atoms with Crippen molar-refractivity contribution in [2.75, 3.05) is 5.32 Å².